The number of hydrogen-bond acceptors (Lipinski definition) is 1. The van der Waals surface area contributed by atoms with E-state index in [4.69, 9.17) is 28.9 Å². The molecule has 0 unspecified atom stereocenters. The molecule has 0 spiro atoms. The molecular formula is C6H5Cl2F3N2. The Kier molecular flexibility index (Phi) is 4.29. The number of halogens is 5. The Bertz CT molecular complexity index is 264. The van der Waals surface area contributed by atoms with Gasteiger partial charge in [0.05, 0.1) is 5.57 Å². The van der Waals surface area contributed by atoms with E-state index in [-0.39, 0.29) is 0 Å². The maximum Gasteiger partial charge on any atom is 0.419 e. The fraction of sp³-hybridized carbons (Fsp3) is 0.167. The van der Waals surface area contributed by atoms with Crippen molar-refractivity contribution < 1.29 is 13.2 Å². The molecular weight excluding hydrogens is 228 g/mol. The van der Waals surface area contributed by atoms with E-state index in [9.17, 15) is 13.2 Å². The number of allylic oxidation sites excluding steroid dienone is 2. The molecule has 0 aromatic rings. The summed E-state index contributed by atoms with van der Waals surface area (Å²) in [6, 6.07) is 0. The van der Waals surface area contributed by atoms with Gasteiger partial charge in [0.15, 0.2) is 5.29 Å². The zero-order chi connectivity index (χ0) is 10.6. The molecule has 0 fully saturated rings. The SMILES string of the molecule is C=C/C(=C(Cl)\N=C(/N)Cl)C(F)(F)F. The second-order valence-corrected chi connectivity index (χ2v) is 2.59. The number of rotatable bonds is 2. The van der Waals surface area contributed by atoms with Crippen molar-refractivity contribution in [3.63, 3.8) is 0 Å². The van der Waals surface area contributed by atoms with Crippen LogP contribution in [-0.2, 0) is 0 Å². The first-order valence-electron chi connectivity index (χ1n) is 2.88. The first-order chi connectivity index (χ1) is 5.79. The van der Waals surface area contributed by atoms with Crippen LogP contribution in [-0.4, -0.2) is 11.5 Å². The highest BCUT2D eigenvalue weighted by Gasteiger charge is 2.34. The van der Waals surface area contributed by atoms with Crippen molar-refractivity contribution in [3.05, 3.63) is 23.4 Å². The van der Waals surface area contributed by atoms with E-state index in [2.05, 4.69) is 11.6 Å². The minimum atomic E-state index is -4.62. The van der Waals surface area contributed by atoms with Gasteiger partial charge in [0.1, 0.15) is 5.16 Å². The van der Waals surface area contributed by atoms with Gasteiger partial charge in [0.25, 0.3) is 0 Å². The van der Waals surface area contributed by atoms with E-state index < -0.39 is 22.2 Å². The zero-order valence-electron chi connectivity index (χ0n) is 6.20. The molecule has 74 valence electrons. The maximum absolute atomic E-state index is 12.1. The summed E-state index contributed by atoms with van der Waals surface area (Å²) in [4.78, 5) is 3.03. The van der Waals surface area contributed by atoms with Crippen LogP contribution in [0.2, 0.25) is 0 Å². The Morgan fingerprint density at radius 1 is 1.38 bits per heavy atom. The van der Waals surface area contributed by atoms with Crippen molar-refractivity contribution in [2.24, 2.45) is 10.7 Å². The molecule has 7 heteroatoms. The number of nitrogens with zero attached hydrogens (tertiary/aromatic N) is 1. The van der Waals surface area contributed by atoms with E-state index in [1.807, 2.05) is 0 Å². The summed E-state index contributed by atoms with van der Waals surface area (Å²) in [5, 5.41) is -1.41. The average Bonchev–Trinajstić information content (AvgIpc) is 1.82. The van der Waals surface area contributed by atoms with Crippen molar-refractivity contribution in [1.82, 2.24) is 0 Å². The van der Waals surface area contributed by atoms with Crippen LogP contribution in [0.4, 0.5) is 13.2 Å². The second-order valence-electron chi connectivity index (χ2n) is 1.84. The Balaban J connectivity index is 5.15. The largest absolute Gasteiger partial charge is 0.419 e. The average molecular weight is 233 g/mol. The minimum absolute atomic E-state index is 0.533. The molecule has 0 aliphatic heterocycles. The lowest BCUT2D eigenvalue weighted by Crippen LogP contribution is -2.12. The summed E-state index contributed by atoms with van der Waals surface area (Å²) in [5.74, 6) is 0. The Labute approximate surface area is 82.5 Å². The summed E-state index contributed by atoms with van der Waals surface area (Å²) in [6.07, 6.45) is -4.08. The molecule has 0 saturated carbocycles. The first-order valence-corrected chi connectivity index (χ1v) is 3.63. The zero-order valence-corrected chi connectivity index (χ0v) is 7.71. The van der Waals surface area contributed by atoms with Crippen LogP contribution in [0, 0.1) is 0 Å². The number of nitrogens with two attached hydrogens (primary N) is 1. The fourth-order valence-electron chi connectivity index (χ4n) is 0.471. The van der Waals surface area contributed by atoms with Crippen LogP contribution >= 0.6 is 23.2 Å². The molecule has 0 atom stereocenters. The third-order valence-corrected chi connectivity index (χ3v) is 1.31. The highest BCUT2D eigenvalue weighted by molar-refractivity contribution is 6.64. The molecule has 2 nitrogen and oxygen atoms in total. The molecule has 0 aromatic heterocycles. The molecule has 0 aliphatic rings. The number of hydrogen-bond donors (Lipinski definition) is 1. The fourth-order valence-corrected chi connectivity index (χ4v) is 0.874. The normalized spacial score (nSPS) is 15.3. The van der Waals surface area contributed by atoms with E-state index in [1.54, 1.807) is 0 Å². The molecule has 0 heterocycles. The Morgan fingerprint density at radius 3 is 2.08 bits per heavy atom. The molecule has 0 rings (SSSR count). The van der Waals surface area contributed by atoms with Crippen molar-refractivity contribution in [2.75, 3.05) is 0 Å². The van der Waals surface area contributed by atoms with Crippen molar-refractivity contribution >= 4 is 28.5 Å². The third-order valence-electron chi connectivity index (χ3n) is 0.937. The van der Waals surface area contributed by atoms with Crippen molar-refractivity contribution in [3.8, 4) is 0 Å². The van der Waals surface area contributed by atoms with Gasteiger partial charge in [-0.25, -0.2) is 4.99 Å². The first kappa shape index (κ1) is 12.3. The molecule has 0 bridgehead atoms. The van der Waals surface area contributed by atoms with Crippen LogP contribution in [0.1, 0.15) is 0 Å². The summed E-state index contributed by atoms with van der Waals surface area (Å²) in [5.41, 5.74) is 3.64. The molecule has 0 saturated heterocycles. The van der Waals surface area contributed by atoms with Gasteiger partial charge in [-0.1, -0.05) is 24.3 Å². The summed E-state index contributed by atoms with van der Waals surface area (Å²) >= 11 is 10.2. The van der Waals surface area contributed by atoms with Crippen LogP contribution in [0.5, 0.6) is 0 Å². The van der Waals surface area contributed by atoms with Crippen molar-refractivity contribution in [1.29, 1.82) is 0 Å². The van der Waals surface area contributed by atoms with E-state index in [0.29, 0.717) is 6.08 Å². The van der Waals surface area contributed by atoms with Gasteiger partial charge in [-0.05, 0) is 11.6 Å². The lowest BCUT2D eigenvalue weighted by atomic mass is 10.3. The minimum Gasteiger partial charge on any atom is -0.374 e. The van der Waals surface area contributed by atoms with Gasteiger partial charge >= 0.3 is 6.18 Å². The summed E-state index contributed by atoms with van der Waals surface area (Å²) < 4.78 is 36.2. The molecule has 0 amide bonds. The van der Waals surface area contributed by atoms with Gasteiger partial charge in [0.2, 0.25) is 0 Å². The predicted molar refractivity (Wildman–Crippen MR) is 46.6 cm³/mol. The topological polar surface area (TPSA) is 38.4 Å². The van der Waals surface area contributed by atoms with E-state index in [1.165, 1.54) is 0 Å². The predicted octanol–water partition coefficient (Wildman–Crippen LogP) is 2.74. The van der Waals surface area contributed by atoms with E-state index >= 15 is 0 Å². The van der Waals surface area contributed by atoms with Gasteiger partial charge in [-0.2, -0.15) is 13.2 Å². The Hall–Kier alpha value is -0.680. The molecule has 13 heavy (non-hydrogen) atoms. The highest BCUT2D eigenvalue weighted by atomic mass is 35.5. The van der Waals surface area contributed by atoms with Crippen molar-refractivity contribution in [2.45, 2.75) is 6.18 Å². The third kappa shape index (κ3) is 4.19. The van der Waals surface area contributed by atoms with Gasteiger partial charge < -0.3 is 5.73 Å². The van der Waals surface area contributed by atoms with Crippen LogP contribution in [0.15, 0.2) is 28.4 Å². The standard InChI is InChI=1S/C6H5Cl2F3N2/c1-2-3(6(9,10)11)4(7)13-5(8)12/h2H,1H2,(H2,12,13)/b4-3+. The molecule has 0 aromatic carbocycles. The van der Waals surface area contributed by atoms with Crippen LogP contribution in [0.3, 0.4) is 0 Å². The van der Waals surface area contributed by atoms with Gasteiger partial charge in [-0.3, -0.25) is 0 Å². The molecule has 0 aliphatic carbocycles. The number of amidine groups is 1. The van der Waals surface area contributed by atoms with Gasteiger partial charge in [0, 0.05) is 0 Å². The summed E-state index contributed by atoms with van der Waals surface area (Å²) in [6.45, 7) is 2.94. The smallest absolute Gasteiger partial charge is 0.374 e. The van der Waals surface area contributed by atoms with Crippen LogP contribution in [0.25, 0.3) is 0 Å². The lowest BCUT2D eigenvalue weighted by molar-refractivity contribution is -0.0885. The monoisotopic (exact) mass is 232 g/mol. The van der Waals surface area contributed by atoms with Crippen LogP contribution < -0.4 is 5.73 Å². The second kappa shape index (κ2) is 4.53. The quantitative estimate of drug-likeness (QED) is 0.338. The molecule has 2 N–H and O–H groups in total. The Morgan fingerprint density at radius 2 is 1.85 bits per heavy atom. The number of aliphatic imine (C=N–C) groups is 1. The van der Waals surface area contributed by atoms with Gasteiger partial charge in [-0.15, -0.1) is 0 Å². The molecule has 0 radical (unpaired) electrons. The van der Waals surface area contributed by atoms with E-state index in [0.717, 1.165) is 0 Å². The number of alkyl halides is 3. The highest BCUT2D eigenvalue weighted by Crippen LogP contribution is 2.30. The summed E-state index contributed by atoms with van der Waals surface area (Å²) in [7, 11) is 0. The maximum atomic E-state index is 12.1. The lowest BCUT2D eigenvalue weighted by Gasteiger charge is -2.07.